The summed E-state index contributed by atoms with van der Waals surface area (Å²) in [4.78, 5) is 0. The van der Waals surface area contributed by atoms with E-state index in [9.17, 15) is 0 Å². The van der Waals surface area contributed by atoms with Gasteiger partial charge in [-0.05, 0) is 24.2 Å². The van der Waals surface area contributed by atoms with Crippen LogP contribution in [0.1, 0.15) is 135 Å². The summed E-state index contributed by atoms with van der Waals surface area (Å²) in [6, 6.07) is 0. The van der Waals surface area contributed by atoms with Gasteiger partial charge in [0.25, 0.3) is 0 Å². The van der Waals surface area contributed by atoms with Crippen LogP contribution in [0.4, 0.5) is 0 Å². The fourth-order valence-electron chi connectivity index (χ4n) is 2.55. The Balaban J connectivity index is -0.000000103. The third-order valence-corrected chi connectivity index (χ3v) is 3.83. The summed E-state index contributed by atoms with van der Waals surface area (Å²) in [5.74, 6) is 0.902. The van der Waals surface area contributed by atoms with Gasteiger partial charge in [0.1, 0.15) is 0 Å². The highest BCUT2D eigenvalue weighted by Crippen LogP contribution is 2.39. The Morgan fingerprint density at radius 1 is 0.636 bits per heavy atom. The van der Waals surface area contributed by atoms with Crippen molar-refractivity contribution in [2.75, 3.05) is 0 Å². The quantitative estimate of drug-likeness (QED) is 0.418. The van der Waals surface area contributed by atoms with Crippen molar-refractivity contribution in [2.24, 2.45) is 11.3 Å². The Labute approximate surface area is 146 Å². The van der Waals surface area contributed by atoms with Gasteiger partial charge in [-0.2, -0.15) is 0 Å². The Morgan fingerprint density at radius 2 is 1.05 bits per heavy atom. The van der Waals surface area contributed by atoms with Crippen LogP contribution >= 0.6 is 0 Å². The van der Waals surface area contributed by atoms with Gasteiger partial charge in [-0.3, -0.25) is 0 Å². The van der Waals surface area contributed by atoms with E-state index >= 15 is 0 Å². The standard InChI is InChI=1S/C14H30.4C2H6/c1-6-9-12-14(5,11-8-3)13(4)10-7-2;4*1-2/h13H,6-12H2,1-5H3;4*1-2H3. The van der Waals surface area contributed by atoms with Gasteiger partial charge in [-0.25, -0.2) is 0 Å². The summed E-state index contributed by atoms with van der Waals surface area (Å²) in [5, 5.41) is 0. The van der Waals surface area contributed by atoms with E-state index in [1.165, 1.54) is 44.9 Å². The predicted molar refractivity (Wildman–Crippen MR) is 112 cm³/mol. The van der Waals surface area contributed by atoms with Crippen molar-refractivity contribution in [3.63, 3.8) is 0 Å². The molecule has 0 amide bonds. The molecule has 0 aromatic rings. The van der Waals surface area contributed by atoms with Crippen LogP contribution in [0, 0.1) is 11.3 Å². The van der Waals surface area contributed by atoms with Crippen LogP contribution < -0.4 is 0 Å². The lowest BCUT2D eigenvalue weighted by Gasteiger charge is -2.36. The summed E-state index contributed by atoms with van der Waals surface area (Å²) < 4.78 is 0. The third-order valence-electron chi connectivity index (χ3n) is 3.83. The maximum absolute atomic E-state index is 2.51. The molecule has 2 atom stereocenters. The van der Waals surface area contributed by atoms with E-state index in [1.807, 2.05) is 55.4 Å². The summed E-state index contributed by atoms with van der Waals surface area (Å²) in [6.45, 7) is 27.9. The van der Waals surface area contributed by atoms with Crippen LogP contribution in [-0.4, -0.2) is 0 Å². The molecule has 0 N–H and O–H groups in total. The molecule has 0 bridgehead atoms. The fourth-order valence-corrected chi connectivity index (χ4v) is 2.55. The van der Waals surface area contributed by atoms with Gasteiger partial charge in [-0.1, -0.05) is 122 Å². The van der Waals surface area contributed by atoms with Crippen LogP contribution in [0.5, 0.6) is 0 Å². The van der Waals surface area contributed by atoms with Gasteiger partial charge in [0.15, 0.2) is 0 Å². The molecule has 0 aliphatic rings. The lowest BCUT2D eigenvalue weighted by Crippen LogP contribution is -2.25. The summed E-state index contributed by atoms with van der Waals surface area (Å²) in [7, 11) is 0. The minimum absolute atomic E-state index is 0.612. The summed E-state index contributed by atoms with van der Waals surface area (Å²) >= 11 is 0. The molecule has 142 valence electrons. The highest BCUT2D eigenvalue weighted by atomic mass is 14.3. The van der Waals surface area contributed by atoms with Crippen molar-refractivity contribution in [2.45, 2.75) is 135 Å². The summed E-state index contributed by atoms with van der Waals surface area (Å²) in [6.07, 6.45) is 9.68. The van der Waals surface area contributed by atoms with Crippen LogP contribution in [0.2, 0.25) is 0 Å². The van der Waals surface area contributed by atoms with Gasteiger partial charge in [0, 0.05) is 0 Å². The Bertz CT molecular complexity index is 128. The maximum atomic E-state index is 2.51. The minimum atomic E-state index is 0.612. The van der Waals surface area contributed by atoms with Gasteiger partial charge in [0.05, 0.1) is 0 Å². The highest BCUT2D eigenvalue weighted by molar-refractivity contribution is 4.79. The monoisotopic (exact) mass is 318 g/mol. The van der Waals surface area contributed by atoms with Crippen molar-refractivity contribution < 1.29 is 0 Å². The van der Waals surface area contributed by atoms with Gasteiger partial charge < -0.3 is 0 Å². The second-order valence-corrected chi connectivity index (χ2v) is 5.20. The second-order valence-electron chi connectivity index (χ2n) is 5.20. The molecular weight excluding hydrogens is 264 g/mol. The van der Waals surface area contributed by atoms with Gasteiger partial charge in [0.2, 0.25) is 0 Å². The molecule has 0 rings (SSSR count). The van der Waals surface area contributed by atoms with Crippen molar-refractivity contribution in [1.82, 2.24) is 0 Å². The van der Waals surface area contributed by atoms with E-state index < -0.39 is 0 Å². The SMILES string of the molecule is CC.CC.CC.CC.CCCCC(C)(CCC)C(C)CCC. The molecule has 0 nitrogen and oxygen atoms in total. The topological polar surface area (TPSA) is 0 Å². The van der Waals surface area contributed by atoms with E-state index in [0.29, 0.717) is 5.41 Å². The molecule has 0 aliphatic carbocycles. The largest absolute Gasteiger partial charge is 0.0683 e. The molecule has 0 saturated carbocycles. The molecule has 0 radical (unpaired) electrons. The molecule has 0 fully saturated rings. The fraction of sp³-hybridized carbons (Fsp3) is 1.00. The van der Waals surface area contributed by atoms with Gasteiger partial charge in [-0.15, -0.1) is 0 Å². The molecule has 0 heteroatoms. The lowest BCUT2D eigenvalue weighted by molar-refractivity contribution is 0.151. The Morgan fingerprint density at radius 3 is 1.32 bits per heavy atom. The zero-order valence-corrected chi connectivity index (χ0v) is 19.0. The first-order valence-electron chi connectivity index (χ1n) is 10.6. The number of hydrogen-bond acceptors (Lipinski definition) is 0. The smallest absolute Gasteiger partial charge is 0.0300 e. The number of unbranched alkanes of at least 4 members (excludes halogenated alkanes) is 1. The molecule has 0 aromatic heterocycles. The van der Waals surface area contributed by atoms with Crippen LogP contribution in [-0.2, 0) is 0 Å². The number of hydrogen-bond donors (Lipinski definition) is 0. The predicted octanol–water partition coefficient (Wildman–Crippen LogP) is 9.52. The second kappa shape index (κ2) is 32.8. The van der Waals surface area contributed by atoms with E-state index in [0.717, 1.165) is 5.92 Å². The van der Waals surface area contributed by atoms with Crippen molar-refractivity contribution >= 4 is 0 Å². The highest BCUT2D eigenvalue weighted by Gasteiger charge is 2.28. The van der Waals surface area contributed by atoms with Gasteiger partial charge >= 0.3 is 0 Å². The first-order valence-corrected chi connectivity index (χ1v) is 10.6. The molecule has 22 heavy (non-hydrogen) atoms. The normalized spacial score (nSPS) is 12.4. The zero-order chi connectivity index (χ0) is 19.0. The average molecular weight is 319 g/mol. The van der Waals surface area contributed by atoms with Crippen molar-refractivity contribution in [3.8, 4) is 0 Å². The van der Waals surface area contributed by atoms with Crippen LogP contribution in [0.15, 0.2) is 0 Å². The van der Waals surface area contributed by atoms with E-state index in [2.05, 4.69) is 34.6 Å². The molecule has 0 heterocycles. The number of rotatable bonds is 8. The molecule has 0 spiro atoms. The molecule has 0 aromatic carbocycles. The molecule has 0 saturated heterocycles. The first kappa shape index (κ1) is 33.6. The Kier molecular flexibility index (Phi) is 50.1. The minimum Gasteiger partial charge on any atom is -0.0683 e. The van der Waals surface area contributed by atoms with E-state index in [-0.39, 0.29) is 0 Å². The third kappa shape index (κ3) is 22.3. The summed E-state index contributed by atoms with van der Waals surface area (Å²) in [5.41, 5.74) is 0.612. The lowest BCUT2D eigenvalue weighted by atomic mass is 9.70. The van der Waals surface area contributed by atoms with E-state index in [4.69, 9.17) is 0 Å². The first-order chi connectivity index (χ1) is 10.6. The Hall–Kier alpha value is 0. The van der Waals surface area contributed by atoms with E-state index in [1.54, 1.807) is 0 Å². The molecule has 2 unspecified atom stereocenters. The average Bonchev–Trinajstić information content (AvgIpc) is 2.60. The zero-order valence-electron chi connectivity index (χ0n) is 19.0. The van der Waals surface area contributed by atoms with Crippen molar-refractivity contribution in [3.05, 3.63) is 0 Å². The maximum Gasteiger partial charge on any atom is -0.0300 e. The van der Waals surface area contributed by atoms with Crippen molar-refractivity contribution in [1.29, 1.82) is 0 Å². The van der Waals surface area contributed by atoms with Crippen LogP contribution in [0.25, 0.3) is 0 Å². The molecule has 0 aliphatic heterocycles. The van der Waals surface area contributed by atoms with Crippen LogP contribution in [0.3, 0.4) is 0 Å². The molecular formula is C22H54.